The number of nitrogens with one attached hydrogen (secondary N) is 1. The molecule has 3 aromatic rings. The van der Waals surface area contributed by atoms with Gasteiger partial charge in [-0.1, -0.05) is 17.7 Å². The molecule has 3 heterocycles. The van der Waals surface area contributed by atoms with Gasteiger partial charge >= 0.3 is 5.97 Å². The molecule has 2 atom stereocenters. The molecule has 9 heteroatoms. The van der Waals surface area contributed by atoms with Crippen LogP contribution in [0.3, 0.4) is 0 Å². The SMILES string of the molecule is Cc1cc(C(C)Nc2ccc(Cl)nc2C(=O)O)c2nc(C3(C)CCCO3)n(C)c(=O)c2c1. The fourth-order valence-corrected chi connectivity index (χ4v) is 4.48. The maximum Gasteiger partial charge on any atom is 0.356 e. The van der Waals surface area contributed by atoms with Gasteiger partial charge in [-0.25, -0.2) is 14.8 Å². The van der Waals surface area contributed by atoms with Gasteiger partial charge in [0.05, 0.1) is 22.6 Å². The Morgan fingerprint density at radius 2 is 2.09 bits per heavy atom. The number of aryl methyl sites for hydroxylation is 1. The number of carboxylic acid groups (broad SMARTS) is 1. The lowest BCUT2D eigenvalue weighted by Gasteiger charge is -2.26. The molecular formula is C23H25ClN4O4. The molecule has 1 aliphatic rings. The highest BCUT2D eigenvalue weighted by atomic mass is 35.5. The predicted octanol–water partition coefficient (Wildman–Crippen LogP) is 4.19. The van der Waals surface area contributed by atoms with Crippen molar-refractivity contribution in [3.05, 3.63) is 62.4 Å². The molecule has 0 spiro atoms. The lowest BCUT2D eigenvalue weighted by atomic mass is 9.98. The van der Waals surface area contributed by atoms with Gasteiger partial charge in [0.15, 0.2) is 5.69 Å². The molecule has 0 amide bonds. The first-order chi connectivity index (χ1) is 15.1. The van der Waals surface area contributed by atoms with E-state index in [1.807, 2.05) is 32.9 Å². The van der Waals surface area contributed by atoms with E-state index >= 15 is 0 Å². The minimum absolute atomic E-state index is 0.0984. The highest BCUT2D eigenvalue weighted by Gasteiger charge is 2.36. The number of rotatable bonds is 5. The van der Waals surface area contributed by atoms with Gasteiger partial charge in [0.25, 0.3) is 5.56 Å². The Bertz CT molecular complexity index is 1280. The predicted molar refractivity (Wildman–Crippen MR) is 123 cm³/mol. The Labute approximate surface area is 190 Å². The zero-order valence-corrected chi connectivity index (χ0v) is 19.2. The average molecular weight is 457 g/mol. The maximum absolute atomic E-state index is 13.3. The molecule has 1 aliphatic heterocycles. The first-order valence-electron chi connectivity index (χ1n) is 10.4. The van der Waals surface area contributed by atoms with Gasteiger partial charge in [0, 0.05) is 19.2 Å². The second-order valence-corrected chi connectivity index (χ2v) is 8.82. The summed E-state index contributed by atoms with van der Waals surface area (Å²) < 4.78 is 7.53. The average Bonchev–Trinajstić information content (AvgIpc) is 3.18. The van der Waals surface area contributed by atoms with Gasteiger partial charge in [-0.2, -0.15) is 0 Å². The van der Waals surface area contributed by atoms with Gasteiger partial charge < -0.3 is 15.2 Å². The number of carbonyl (C=O) groups is 1. The topological polar surface area (TPSA) is 106 Å². The van der Waals surface area contributed by atoms with Crippen molar-refractivity contribution < 1.29 is 14.6 Å². The van der Waals surface area contributed by atoms with Crippen molar-refractivity contribution in [1.82, 2.24) is 14.5 Å². The van der Waals surface area contributed by atoms with E-state index in [1.54, 1.807) is 17.7 Å². The highest BCUT2D eigenvalue weighted by molar-refractivity contribution is 6.29. The third-order valence-electron chi connectivity index (χ3n) is 5.95. The number of aromatic carboxylic acids is 1. The lowest BCUT2D eigenvalue weighted by Crippen LogP contribution is -2.33. The molecule has 8 nitrogen and oxygen atoms in total. The summed E-state index contributed by atoms with van der Waals surface area (Å²) in [4.78, 5) is 33.7. The summed E-state index contributed by atoms with van der Waals surface area (Å²) in [5, 5.41) is 13.3. The Balaban J connectivity index is 1.86. The van der Waals surface area contributed by atoms with Crippen molar-refractivity contribution in [3.63, 3.8) is 0 Å². The summed E-state index contributed by atoms with van der Waals surface area (Å²) in [6, 6.07) is 6.54. The monoisotopic (exact) mass is 456 g/mol. The largest absolute Gasteiger partial charge is 0.476 e. The number of fused-ring (bicyclic) bond motifs is 1. The number of halogens is 1. The number of pyridine rings is 1. The van der Waals surface area contributed by atoms with Crippen LogP contribution in [0.2, 0.25) is 5.15 Å². The summed E-state index contributed by atoms with van der Waals surface area (Å²) in [5.74, 6) is -0.596. The number of hydrogen-bond acceptors (Lipinski definition) is 6. The van der Waals surface area contributed by atoms with E-state index in [0.29, 0.717) is 29.0 Å². The van der Waals surface area contributed by atoms with E-state index < -0.39 is 11.6 Å². The molecular weight excluding hydrogens is 432 g/mol. The number of ether oxygens (including phenoxy) is 1. The van der Waals surface area contributed by atoms with Crippen molar-refractivity contribution >= 4 is 34.2 Å². The second-order valence-electron chi connectivity index (χ2n) is 8.43. The summed E-state index contributed by atoms with van der Waals surface area (Å²) in [5.41, 5.74) is 1.66. The maximum atomic E-state index is 13.3. The van der Waals surface area contributed by atoms with E-state index in [0.717, 1.165) is 24.0 Å². The number of benzene rings is 1. The van der Waals surface area contributed by atoms with E-state index in [4.69, 9.17) is 21.3 Å². The number of carboxylic acids is 1. The van der Waals surface area contributed by atoms with Crippen LogP contribution in [0.25, 0.3) is 10.9 Å². The minimum atomic E-state index is -1.18. The van der Waals surface area contributed by atoms with Crippen LogP contribution in [0.1, 0.15) is 60.2 Å². The van der Waals surface area contributed by atoms with E-state index in [-0.39, 0.29) is 22.4 Å². The number of hydrogen-bond donors (Lipinski definition) is 2. The quantitative estimate of drug-likeness (QED) is 0.554. The van der Waals surface area contributed by atoms with Crippen LogP contribution < -0.4 is 10.9 Å². The van der Waals surface area contributed by atoms with E-state index in [9.17, 15) is 14.7 Å². The first-order valence-corrected chi connectivity index (χ1v) is 10.8. The molecule has 168 valence electrons. The van der Waals surface area contributed by atoms with Gasteiger partial charge in [-0.15, -0.1) is 0 Å². The molecule has 1 saturated heterocycles. The van der Waals surface area contributed by atoms with Gasteiger partial charge in [-0.3, -0.25) is 9.36 Å². The van der Waals surface area contributed by atoms with E-state index in [2.05, 4.69) is 10.3 Å². The van der Waals surface area contributed by atoms with Crippen LogP contribution in [0, 0.1) is 6.92 Å². The molecule has 0 radical (unpaired) electrons. The van der Waals surface area contributed by atoms with Crippen LogP contribution in [0.15, 0.2) is 29.1 Å². The van der Waals surface area contributed by atoms with Crippen molar-refractivity contribution in [3.8, 4) is 0 Å². The lowest BCUT2D eigenvalue weighted by molar-refractivity contribution is 0.00636. The molecule has 0 aliphatic carbocycles. The standard InChI is InChI=1S/C23H25ClN4O4/c1-12-10-14(13(2)25-16-6-7-17(24)26-19(16)21(30)31)18-15(11-12)20(29)28(4)22(27-18)23(3)8-5-9-32-23/h6-7,10-11,13,25H,5,8-9H2,1-4H3,(H,30,31). The molecule has 0 saturated carbocycles. The first kappa shape index (κ1) is 22.2. The molecule has 2 unspecified atom stereocenters. The van der Waals surface area contributed by atoms with Crippen molar-refractivity contribution in [2.24, 2.45) is 7.05 Å². The zero-order valence-electron chi connectivity index (χ0n) is 18.4. The molecule has 0 bridgehead atoms. The van der Waals surface area contributed by atoms with Crippen molar-refractivity contribution in [1.29, 1.82) is 0 Å². The van der Waals surface area contributed by atoms with Crippen LogP contribution in [0.5, 0.6) is 0 Å². The molecule has 1 aromatic carbocycles. The molecule has 1 fully saturated rings. The molecule has 2 N–H and O–H groups in total. The summed E-state index contributed by atoms with van der Waals surface area (Å²) in [6.45, 7) is 6.39. The van der Waals surface area contributed by atoms with Crippen LogP contribution in [-0.2, 0) is 17.4 Å². The van der Waals surface area contributed by atoms with Crippen LogP contribution in [0.4, 0.5) is 5.69 Å². The van der Waals surface area contributed by atoms with Crippen LogP contribution >= 0.6 is 11.6 Å². The Hall–Kier alpha value is -2.97. The second kappa shape index (κ2) is 8.18. The highest BCUT2D eigenvalue weighted by Crippen LogP contribution is 2.35. The minimum Gasteiger partial charge on any atom is -0.476 e. The number of anilines is 1. The van der Waals surface area contributed by atoms with Gasteiger partial charge in [-0.05, 0) is 57.4 Å². The Morgan fingerprint density at radius 1 is 1.34 bits per heavy atom. The number of nitrogens with zero attached hydrogens (tertiary/aromatic N) is 3. The molecule has 32 heavy (non-hydrogen) atoms. The van der Waals surface area contributed by atoms with Crippen molar-refractivity contribution in [2.45, 2.75) is 45.3 Å². The molecule has 2 aromatic heterocycles. The third-order valence-corrected chi connectivity index (χ3v) is 6.16. The fourth-order valence-electron chi connectivity index (χ4n) is 4.34. The van der Waals surface area contributed by atoms with Crippen molar-refractivity contribution in [2.75, 3.05) is 11.9 Å². The van der Waals surface area contributed by atoms with Gasteiger partial charge in [0.2, 0.25) is 0 Å². The zero-order chi connectivity index (χ0) is 23.2. The summed E-state index contributed by atoms with van der Waals surface area (Å²) >= 11 is 5.88. The molecule has 4 rings (SSSR count). The van der Waals surface area contributed by atoms with E-state index in [1.165, 1.54) is 6.07 Å². The Kier molecular flexibility index (Phi) is 5.68. The Morgan fingerprint density at radius 3 is 2.75 bits per heavy atom. The smallest absolute Gasteiger partial charge is 0.356 e. The normalized spacial score (nSPS) is 19.3. The fraction of sp³-hybridized carbons (Fsp3) is 0.391. The summed E-state index contributed by atoms with van der Waals surface area (Å²) in [6.07, 6.45) is 1.69. The van der Waals surface area contributed by atoms with Crippen LogP contribution in [-0.4, -0.2) is 32.2 Å². The van der Waals surface area contributed by atoms with Gasteiger partial charge in [0.1, 0.15) is 16.6 Å². The third kappa shape index (κ3) is 3.84. The number of aromatic nitrogens is 3. The summed E-state index contributed by atoms with van der Waals surface area (Å²) in [7, 11) is 1.72.